The van der Waals surface area contributed by atoms with Crippen molar-refractivity contribution in [2.45, 2.75) is 25.7 Å². The van der Waals surface area contributed by atoms with E-state index in [4.69, 9.17) is 0 Å². The number of rotatable bonds is 4. The van der Waals surface area contributed by atoms with E-state index in [-0.39, 0.29) is 10.4 Å². The number of benzene rings is 2. The molecule has 0 atom stereocenters. The van der Waals surface area contributed by atoms with Crippen molar-refractivity contribution in [2.24, 2.45) is 0 Å². The zero-order valence-corrected chi connectivity index (χ0v) is 18.1. The van der Waals surface area contributed by atoms with Gasteiger partial charge in [0.25, 0.3) is 10.0 Å². The van der Waals surface area contributed by atoms with Crippen LogP contribution < -0.4 is 15.8 Å². The number of hydrogen-bond donors (Lipinski definition) is 3. The smallest absolute Gasteiger partial charge is 0.314 e. The first-order valence-electron chi connectivity index (χ1n) is 9.10. The highest BCUT2D eigenvalue weighted by Gasteiger charge is 2.20. The maximum atomic E-state index is 13.1. The summed E-state index contributed by atoms with van der Waals surface area (Å²) >= 11 is 1.63. The molecule has 3 N–H and O–H groups in total. The van der Waals surface area contributed by atoms with E-state index < -0.39 is 21.1 Å². The molecule has 30 heavy (non-hydrogen) atoms. The van der Waals surface area contributed by atoms with Gasteiger partial charge in [0.05, 0.1) is 15.9 Å². The fourth-order valence-electron chi connectivity index (χ4n) is 3.58. The van der Waals surface area contributed by atoms with E-state index in [0.29, 0.717) is 16.8 Å². The Hall–Kier alpha value is -3.17. The molecule has 0 amide bonds. The second-order valence-electron chi connectivity index (χ2n) is 7.14. The van der Waals surface area contributed by atoms with Gasteiger partial charge in [-0.15, -0.1) is 11.3 Å². The van der Waals surface area contributed by atoms with E-state index >= 15 is 0 Å². The molecular formula is C21H19N3O4S2. The number of nitrogens with one attached hydrogen (secondary N) is 3. The van der Waals surface area contributed by atoms with Gasteiger partial charge in [0.15, 0.2) is 0 Å². The van der Waals surface area contributed by atoms with E-state index in [9.17, 15) is 18.0 Å². The van der Waals surface area contributed by atoms with Gasteiger partial charge in [-0.2, -0.15) is 0 Å². The Bertz CT molecular complexity index is 1470. The van der Waals surface area contributed by atoms with Gasteiger partial charge in [0, 0.05) is 10.6 Å². The molecule has 0 unspecified atom stereocenters. The van der Waals surface area contributed by atoms with Crippen LogP contribution in [-0.2, 0) is 10.0 Å². The normalized spacial score (nSPS) is 11.7. The quantitative estimate of drug-likeness (QED) is 0.420. The molecule has 0 saturated carbocycles. The van der Waals surface area contributed by atoms with E-state index in [1.54, 1.807) is 30.4 Å². The summed E-state index contributed by atoms with van der Waals surface area (Å²) < 4.78 is 28.8. The molecule has 0 aliphatic rings. The highest BCUT2D eigenvalue weighted by atomic mass is 32.2. The molecule has 4 aromatic rings. The number of aryl methyl sites for hydroxylation is 3. The highest BCUT2D eigenvalue weighted by molar-refractivity contribution is 7.92. The third-order valence-electron chi connectivity index (χ3n) is 4.86. The Balaban J connectivity index is 1.76. The Kier molecular flexibility index (Phi) is 4.87. The molecule has 154 valence electrons. The second kappa shape index (κ2) is 7.26. The minimum Gasteiger partial charge on any atom is -0.316 e. The molecular weight excluding hydrogens is 422 g/mol. The lowest BCUT2D eigenvalue weighted by atomic mass is 10.0. The van der Waals surface area contributed by atoms with Crippen LogP contribution in [0.5, 0.6) is 0 Å². The predicted molar refractivity (Wildman–Crippen MR) is 120 cm³/mol. The van der Waals surface area contributed by atoms with Crippen molar-refractivity contribution in [3.8, 4) is 10.4 Å². The van der Waals surface area contributed by atoms with Crippen LogP contribution in [0.25, 0.3) is 21.5 Å². The van der Waals surface area contributed by atoms with Gasteiger partial charge < -0.3 is 9.97 Å². The Morgan fingerprint density at radius 1 is 0.867 bits per heavy atom. The SMILES string of the molecule is Cc1cc2[nH]c(=O)c(=O)[nH]c2cc1S(=O)(=O)Nc1cc(C)c(-c2cccs2)c(C)c1. The Labute approximate surface area is 176 Å². The molecule has 2 aromatic carbocycles. The molecule has 0 fully saturated rings. The fourth-order valence-corrected chi connectivity index (χ4v) is 5.78. The summed E-state index contributed by atoms with van der Waals surface area (Å²) in [5.74, 6) is 0. The summed E-state index contributed by atoms with van der Waals surface area (Å²) in [6, 6.07) is 10.5. The van der Waals surface area contributed by atoms with E-state index in [1.165, 1.54) is 12.1 Å². The number of thiophene rings is 1. The average Bonchev–Trinajstić information content (AvgIpc) is 3.15. The molecule has 4 rings (SSSR count). The first kappa shape index (κ1) is 20.1. The molecule has 0 aliphatic carbocycles. The van der Waals surface area contributed by atoms with Gasteiger partial charge in [0.2, 0.25) is 0 Å². The largest absolute Gasteiger partial charge is 0.316 e. The molecule has 0 bridgehead atoms. The topological polar surface area (TPSA) is 112 Å². The fraction of sp³-hybridized carbons (Fsp3) is 0.143. The van der Waals surface area contributed by atoms with Gasteiger partial charge in [-0.25, -0.2) is 8.42 Å². The lowest BCUT2D eigenvalue weighted by Crippen LogP contribution is -2.29. The number of anilines is 1. The lowest BCUT2D eigenvalue weighted by molar-refractivity contribution is 0.600. The van der Waals surface area contributed by atoms with Crippen LogP contribution in [-0.4, -0.2) is 18.4 Å². The van der Waals surface area contributed by atoms with Gasteiger partial charge >= 0.3 is 11.1 Å². The van der Waals surface area contributed by atoms with Crippen molar-refractivity contribution in [3.05, 3.63) is 79.2 Å². The Morgan fingerprint density at radius 2 is 1.47 bits per heavy atom. The van der Waals surface area contributed by atoms with Gasteiger partial charge in [0.1, 0.15) is 0 Å². The summed E-state index contributed by atoms with van der Waals surface area (Å²) in [5, 5.41) is 2.00. The van der Waals surface area contributed by atoms with Crippen LogP contribution >= 0.6 is 11.3 Å². The molecule has 2 aromatic heterocycles. The van der Waals surface area contributed by atoms with E-state index in [2.05, 4.69) is 14.7 Å². The summed E-state index contributed by atoms with van der Waals surface area (Å²) in [5.41, 5.74) is 2.91. The minimum absolute atomic E-state index is 0.0235. The standard InChI is InChI=1S/C21H19N3O4S2/c1-11-9-15-16(23-21(26)20(25)22-15)10-18(11)30(27,28)24-14-7-12(2)19(13(3)8-14)17-5-4-6-29-17/h4-10,24H,1-3H3,(H,22,25)(H,23,26). The maximum absolute atomic E-state index is 13.1. The van der Waals surface area contributed by atoms with Crippen LogP contribution in [0.4, 0.5) is 5.69 Å². The van der Waals surface area contributed by atoms with Crippen LogP contribution in [0, 0.1) is 20.8 Å². The monoisotopic (exact) mass is 441 g/mol. The van der Waals surface area contributed by atoms with E-state index in [0.717, 1.165) is 21.6 Å². The molecule has 0 spiro atoms. The van der Waals surface area contributed by atoms with Gasteiger partial charge in [-0.3, -0.25) is 14.3 Å². The molecule has 7 nitrogen and oxygen atoms in total. The molecule has 9 heteroatoms. The number of hydrogen-bond acceptors (Lipinski definition) is 5. The van der Waals surface area contributed by atoms with Crippen molar-refractivity contribution in [2.75, 3.05) is 4.72 Å². The summed E-state index contributed by atoms with van der Waals surface area (Å²) in [6.45, 7) is 5.53. The van der Waals surface area contributed by atoms with Crippen LogP contribution in [0.15, 0.2) is 56.3 Å². The highest BCUT2D eigenvalue weighted by Crippen LogP contribution is 2.34. The zero-order chi connectivity index (χ0) is 21.6. The lowest BCUT2D eigenvalue weighted by Gasteiger charge is -2.15. The maximum Gasteiger partial charge on any atom is 0.314 e. The minimum atomic E-state index is -3.92. The van der Waals surface area contributed by atoms with Crippen molar-refractivity contribution in [1.29, 1.82) is 0 Å². The third-order valence-corrected chi connectivity index (χ3v) is 7.27. The van der Waals surface area contributed by atoms with Crippen molar-refractivity contribution in [3.63, 3.8) is 0 Å². The first-order chi connectivity index (χ1) is 14.2. The van der Waals surface area contributed by atoms with Crippen molar-refractivity contribution >= 4 is 38.1 Å². The van der Waals surface area contributed by atoms with Crippen LogP contribution in [0.2, 0.25) is 0 Å². The van der Waals surface area contributed by atoms with Gasteiger partial charge in [-0.05, 0) is 78.7 Å². The molecule has 2 heterocycles. The van der Waals surface area contributed by atoms with Crippen molar-refractivity contribution < 1.29 is 8.42 Å². The number of aromatic nitrogens is 2. The Morgan fingerprint density at radius 3 is 2.03 bits per heavy atom. The van der Waals surface area contributed by atoms with Gasteiger partial charge in [-0.1, -0.05) is 6.07 Å². The van der Waals surface area contributed by atoms with Crippen molar-refractivity contribution in [1.82, 2.24) is 9.97 Å². The average molecular weight is 442 g/mol. The number of H-pyrrole nitrogens is 2. The molecule has 0 saturated heterocycles. The number of fused-ring (bicyclic) bond motifs is 1. The summed E-state index contributed by atoms with van der Waals surface area (Å²) in [4.78, 5) is 29.1. The molecule has 0 aliphatic heterocycles. The predicted octanol–water partition coefficient (Wildman–Crippen LogP) is 3.67. The summed E-state index contributed by atoms with van der Waals surface area (Å²) in [6.07, 6.45) is 0. The zero-order valence-electron chi connectivity index (χ0n) is 16.5. The van der Waals surface area contributed by atoms with Crippen LogP contribution in [0.3, 0.4) is 0 Å². The van der Waals surface area contributed by atoms with Crippen LogP contribution in [0.1, 0.15) is 16.7 Å². The molecule has 0 radical (unpaired) electrons. The summed E-state index contributed by atoms with van der Waals surface area (Å²) in [7, 11) is -3.92. The number of aromatic amines is 2. The third kappa shape index (κ3) is 3.57. The van der Waals surface area contributed by atoms with E-state index in [1.807, 2.05) is 31.4 Å². The first-order valence-corrected chi connectivity index (χ1v) is 11.5. The second-order valence-corrected chi connectivity index (χ2v) is 9.74. The number of sulfonamides is 1.